The molecule has 0 N–H and O–H groups in total. The minimum atomic E-state index is 0.573. The molecule has 0 spiro atoms. The summed E-state index contributed by atoms with van der Waals surface area (Å²) in [6.45, 7) is 5.49. The number of fused-ring (bicyclic) bond motifs is 2. The van der Waals surface area contributed by atoms with Crippen molar-refractivity contribution in [3.8, 4) is 0 Å². The molecule has 1 atom stereocenters. The number of rotatable bonds is 3. The fourth-order valence-electron chi connectivity index (χ4n) is 3.31. The molecule has 0 aliphatic heterocycles. The Morgan fingerprint density at radius 2 is 1.67 bits per heavy atom. The molecule has 1 heteroatoms. The lowest BCUT2D eigenvalue weighted by Crippen LogP contribution is -2.17. The zero-order valence-electron chi connectivity index (χ0n) is 13.0. The number of nitrogens with zero attached hydrogens (tertiary/aromatic N) is 1. The maximum Gasteiger partial charge on any atom is -0.00189 e. The second kappa shape index (κ2) is 5.87. The first-order valence-electron chi connectivity index (χ1n) is 7.68. The van der Waals surface area contributed by atoms with E-state index >= 15 is 0 Å². The lowest BCUT2D eigenvalue weighted by atomic mass is 9.88. The molecule has 1 aliphatic carbocycles. The van der Waals surface area contributed by atoms with Crippen molar-refractivity contribution in [1.29, 1.82) is 0 Å². The summed E-state index contributed by atoms with van der Waals surface area (Å²) in [6, 6.07) is 17.5. The molecule has 1 unspecified atom stereocenters. The first-order valence-corrected chi connectivity index (χ1v) is 7.68. The van der Waals surface area contributed by atoms with E-state index < -0.39 is 0 Å². The zero-order chi connectivity index (χ0) is 14.8. The van der Waals surface area contributed by atoms with Crippen LogP contribution in [0.4, 0.5) is 0 Å². The van der Waals surface area contributed by atoms with Crippen LogP contribution in [0.1, 0.15) is 34.6 Å². The topological polar surface area (TPSA) is 3.24 Å². The van der Waals surface area contributed by atoms with Crippen LogP contribution in [0.5, 0.6) is 0 Å². The van der Waals surface area contributed by atoms with Gasteiger partial charge in [0.15, 0.2) is 0 Å². The number of hydrogen-bond acceptors (Lipinski definition) is 1. The van der Waals surface area contributed by atoms with E-state index in [1.807, 2.05) is 0 Å². The second-order valence-corrected chi connectivity index (χ2v) is 6.22. The van der Waals surface area contributed by atoms with Crippen molar-refractivity contribution >= 4 is 5.57 Å². The minimum absolute atomic E-state index is 0.573. The summed E-state index contributed by atoms with van der Waals surface area (Å²) < 4.78 is 0. The van der Waals surface area contributed by atoms with Gasteiger partial charge in [-0.15, -0.1) is 0 Å². The monoisotopic (exact) mass is 277 g/mol. The van der Waals surface area contributed by atoms with Gasteiger partial charge >= 0.3 is 0 Å². The molecule has 0 saturated carbocycles. The highest BCUT2D eigenvalue weighted by Crippen LogP contribution is 2.38. The Balaban J connectivity index is 2.06. The maximum atomic E-state index is 4.38. The average molecular weight is 277 g/mol. The Morgan fingerprint density at radius 3 is 2.43 bits per heavy atom. The molecule has 3 rings (SSSR count). The lowest BCUT2D eigenvalue weighted by molar-refractivity contribution is 0.380. The Kier molecular flexibility index (Phi) is 3.94. The van der Waals surface area contributed by atoms with Gasteiger partial charge in [-0.05, 0) is 67.2 Å². The van der Waals surface area contributed by atoms with Crippen LogP contribution in [0, 0.1) is 0 Å². The Morgan fingerprint density at radius 1 is 1.00 bits per heavy atom. The number of hydrogen-bond donors (Lipinski definition) is 0. The van der Waals surface area contributed by atoms with E-state index in [-0.39, 0.29) is 0 Å². The van der Waals surface area contributed by atoms with E-state index in [1.165, 1.54) is 34.2 Å². The van der Waals surface area contributed by atoms with Gasteiger partial charge in [-0.3, -0.25) is 0 Å². The Bertz CT molecular complexity index is 654. The van der Waals surface area contributed by atoms with Crippen molar-refractivity contribution in [3.05, 3.63) is 77.4 Å². The predicted molar refractivity (Wildman–Crippen MR) is 90.6 cm³/mol. The molecule has 2 aromatic carbocycles. The van der Waals surface area contributed by atoms with Crippen molar-refractivity contribution in [2.75, 3.05) is 20.6 Å². The highest BCUT2D eigenvalue weighted by Gasteiger charge is 2.23. The van der Waals surface area contributed by atoms with E-state index in [2.05, 4.69) is 74.1 Å². The van der Waals surface area contributed by atoms with Crippen LogP contribution >= 0.6 is 0 Å². The van der Waals surface area contributed by atoms with Gasteiger partial charge in [0.1, 0.15) is 0 Å². The lowest BCUT2D eigenvalue weighted by Gasteiger charge is -2.20. The third-order valence-electron chi connectivity index (χ3n) is 4.46. The minimum Gasteiger partial charge on any atom is -0.309 e. The van der Waals surface area contributed by atoms with Gasteiger partial charge in [0, 0.05) is 0 Å². The van der Waals surface area contributed by atoms with Gasteiger partial charge in [-0.2, -0.15) is 0 Å². The molecule has 1 aliphatic rings. The van der Waals surface area contributed by atoms with Crippen molar-refractivity contribution < 1.29 is 0 Å². The van der Waals surface area contributed by atoms with Crippen molar-refractivity contribution in [1.82, 2.24) is 4.90 Å². The summed E-state index contributed by atoms with van der Waals surface area (Å²) >= 11 is 0. The van der Waals surface area contributed by atoms with Gasteiger partial charge in [0.2, 0.25) is 0 Å². The fourth-order valence-corrected chi connectivity index (χ4v) is 3.31. The Labute approximate surface area is 127 Å². The molecule has 21 heavy (non-hydrogen) atoms. The van der Waals surface area contributed by atoms with Crippen LogP contribution in [0.25, 0.3) is 5.57 Å². The highest BCUT2D eigenvalue weighted by atomic mass is 15.0. The molecule has 2 aromatic rings. The summed E-state index contributed by atoms with van der Waals surface area (Å²) in [4.78, 5) is 2.27. The first-order chi connectivity index (χ1) is 10.2. The van der Waals surface area contributed by atoms with Crippen LogP contribution in [0.3, 0.4) is 0 Å². The molecule has 0 amide bonds. The van der Waals surface area contributed by atoms with Crippen LogP contribution in [0.2, 0.25) is 0 Å². The third kappa shape index (κ3) is 2.79. The smallest absolute Gasteiger partial charge is 0.00189 e. The van der Waals surface area contributed by atoms with E-state index in [0.29, 0.717) is 5.92 Å². The zero-order valence-corrected chi connectivity index (χ0v) is 13.0. The Hall–Kier alpha value is -1.86. The summed E-state index contributed by atoms with van der Waals surface area (Å²) in [5.74, 6) is 0.573. The summed E-state index contributed by atoms with van der Waals surface area (Å²) in [7, 11) is 4.30. The second-order valence-electron chi connectivity index (χ2n) is 6.22. The van der Waals surface area contributed by atoms with E-state index in [1.54, 1.807) is 0 Å². The van der Waals surface area contributed by atoms with Crippen LogP contribution in [-0.2, 0) is 6.42 Å². The fraction of sp³-hybridized carbons (Fsp3) is 0.300. The highest BCUT2D eigenvalue weighted by molar-refractivity contribution is 5.82. The van der Waals surface area contributed by atoms with Gasteiger partial charge in [0.25, 0.3) is 0 Å². The predicted octanol–water partition coefficient (Wildman–Crippen LogP) is 4.34. The molecular formula is C20H23N. The molecule has 0 bridgehead atoms. The molecule has 0 radical (unpaired) electrons. The van der Waals surface area contributed by atoms with Gasteiger partial charge in [-0.25, -0.2) is 0 Å². The third-order valence-corrected chi connectivity index (χ3v) is 4.46. The SMILES string of the molecule is C=C1c2ccccc2CC(CCN(C)C)c2ccccc21. The van der Waals surface area contributed by atoms with Crippen molar-refractivity contribution in [3.63, 3.8) is 0 Å². The molecular weight excluding hydrogens is 254 g/mol. The van der Waals surface area contributed by atoms with E-state index in [4.69, 9.17) is 0 Å². The number of benzene rings is 2. The molecule has 0 saturated heterocycles. The quantitative estimate of drug-likeness (QED) is 0.806. The van der Waals surface area contributed by atoms with Gasteiger partial charge in [-0.1, -0.05) is 55.1 Å². The van der Waals surface area contributed by atoms with Crippen LogP contribution < -0.4 is 0 Å². The van der Waals surface area contributed by atoms with Crippen molar-refractivity contribution in [2.45, 2.75) is 18.8 Å². The largest absolute Gasteiger partial charge is 0.309 e. The summed E-state index contributed by atoms with van der Waals surface area (Å²) in [5.41, 5.74) is 6.71. The van der Waals surface area contributed by atoms with E-state index in [0.717, 1.165) is 13.0 Å². The van der Waals surface area contributed by atoms with Gasteiger partial charge < -0.3 is 4.90 Å². The molecule has 0 fully saturated rings. The van der Waals surface area contributed by atoms with Crippen LogP contribution in [0.15, 0.2) is 55.1 Å². The average Bonchev–Trinajstić information content (AvgIpc) is 2.62. The molecule has 108 valence electrons. The van der Waals surface area contributed by atoms with Crippen molar-refractivity contribution in [2.24, 2.45) is 0 Å². The summed E-state index contributed by atoms with van der Waals surface area (Å²) in [6.07, 6.45) is 2.30. The van der Waals surface area contributed by atoms with Gasteiger partial charge in [0.05, 0.1) is 0 Å². The standard InChI is InChI=1S/C20H23N/c1-15-18-9-5-4-8-16(18)14-17(12-13-21(2)3)20-11-7-6-10-19(15)20/h4-11,17H,1,12-14H2,2-3H3. The van der Waals surface area contributed by atoms with E-state index in [9.17, 15) is 0 Å². The normalized spacial score (nSPS) is 17.3. The molecule has 1 nitrogen and oxygen atoms in total. The first kappa shape index (κ1) is 14.1. The van der Waals surface area contributed by atoms with Crippen LogP contribution in [-0.4, -0.2) is 25.5 Å². The maximum absolute atomic E-state index is 4.38. The molecule has 0 heterocycles. The molecule has 0 aromatic heterocycles. The summed E-state index contributed by atoms with van der Waals surface area (Å²) in [5, 5.41) is 0.